The highest BCUT2D eigenvalue weighted by Crippen LogP contribution is 2.43. The number of hydrogen-bond donors (Lipinski definition) is 0. The molecule has 0 bridgehead atoms. The van der Waals surface area contributed by atoms with Crippen molar-refractivity contribution in [1.82, 2.24) is 4.90 Å². The molecule has 0 aromatic heterocycles. The second-order valence-electron chi connectivity index (χ2n) is 8.77. The van der Waals surface area contributed by atoms with Crippen molar-refractivity contribution in [3.05, 3.63) is 93.5 Å². The van der Waals surface area contributed by atoms with Crippen molar-refractivity contribution in [3.63, 3.8) is 0 Å². The molecule has 1 fully saturated rings. The molecular formula is C27H25N3O6. The van der Waals surface area contributed by atoms with E-state index in [0.29, 0.717) is 30.2 Å². The number of rotatable bonds is 6. The fourth-order valence-corrected chi connectivity index (χ4v) is 5.17. The summed E-state index contributed by atoms with van der Waals surface area (Å²) < 4.78 is 11.0. The SMILES string of the molecule is COc1cc2c(cc1OC)[C@H](c1ccc([N+](=O)[O-])cc1)N([C@H]1CC(=O)N(c3ccccc3)C1=O)CC2. The Bertz CT molecular complexity index is 1330. The highest BCUT2D eigenvalue weighted by Gasteiger charge is 2.46. The number of ether oxygens (including phenoxy) is 2. The Kier molecular flexibility index (Phi) is 6.15. The van der Waals surface area contributed by atoms with Crippen LogP contribution in [-0.2, 0) is 16.0 Å². The maximum atomic E-state index is 13.6. The second kappa shape index (κ2) is 9.43. The first-order chi connectivity index (χ1) is 17.4. The van der Waals surface area contributed by atoms with Gasteiger partial charge in [-0.1, -0.05) is 30.3 Å². The third-order valence-electron chi connectivity index (χ3n) is 6.87. The smallest absolute Gasteiger partial charge is 0.269 e. The molecule has 2 heterocycles. The van der Waals surface area contributed by atoms with Gasteiger partial charge in [0.1, 0.15) is 0 Å². The van der Waals surface area contributed by atoms with E-state index >= 15 is 0 Å². The van der Waals surface area contributed by atoms with E-state index in [-0.39, 0.29) is 23.9 Å². The zero-order valence-corrected chi connectivity index (χ0v) is 19.9. The molecule has 0 saturated carbocycles. The van der Waals surface area contributed by atoms with Gasteiger partial charge in [0.25, 0.3) is 11.6 Å². The number of nitrogens with zero attached hydrogens (tertiary/aromatic N) is 3. The first-order valence-electron chi connectivity index (χ1n) is 11.6. The molecule has 3 aromatic rings. The maximum Gasteiger partial charge on any atom is 0.269 e. The zero-order valence-electron chi connectivity index (χ0n) is 19.9. The third-order valence-corrected chi connectivity index (χ3v) is 6.87. The number of anilines is 1. The third kappa shape index (κ3) is 3.97. The number of nitro groups is 1. The lowest BCUT2D eigenvalue weighted by molar-refractivity contribution is -0.384. The molecule has 0 aliphatic carbocycles. The molecule has 0 N–H and O–H groups in total. The largest absolute Gasteiger partial charge is 0.493 e. The number of carbonyl (C=O) groups is 2. The standard InChI is InChI=1S/C27H25N3O6/c1-35-23-14-18-12-13-28(22-16-25(31)29(27(22)32)19-6-4-3-5-7-19)26(21(18)15-24(23)36-2)17-8-10-20(11-9-17)30(33)34/h3-11,14-15,22,26H,12-13,16H2,1-2H3/t22-,26-/m0/s1. The molecule has 2 aliphatic heterocycles. The normalized spacial score (nSPS) is 19.8. The van der Waals surface area contributed by atoms with Crippen molar-refractivity contribution in [2.75, 3.05) is 25.7 Å². The number of para-hydroxylation sites is 1. The van der Waals surface area contributed by atoms with E-state index in [9.17, 15) is 19.7 Å². The second-order valence-corrected chi connectivity index (χ2v) is 8.77. The Balaban J connectivity index is 1.59. The van der Waals surface area contributed by atoms with Crippen molar-refractivity contribution in [1.29, 1.82) is 0 Å². The lowest BCUT2D eigenvalue weighted by atomic mass is 9.86. The van der Waals surface area contributed by atoms with Crippen molar-refractivity contribution in [2.45, 2.75) is 24.9 Å². The van der Waals surface area contributed by atoms with Crippen LogP contribution >= 0.6 is 0 Å². The van der Waals surface area contributed by atoms with Crippen LogP contribution in [0.5, 0.6) is 11.5 Å². The van der Waals surface area contributed by atoms with Crippen LogP contribution in [0.15, 0.2) is 66.7 Å². The average Bonchev–Trinajstić information content (AvgIpc) is 3.20. The number of amides is 2. The van der Waals surface area contributed by atoms with E-state index in [4.69, 9.17) is 9.47 Å². The summed E-state index contributed by atoms with van der Waals surface area (Å²) >= 11 is 0. The van der Waals surface area contributed by atoms with Crippen LogP contribution in [0.2, 0.25) is 0 Å². The number of non-ortho nitro benzene ring substituents is 1. The Morgan fingerprint density at radius 3 is 2.25 bits per heavy atom. The van der Waals surface area contributed by atoms with Crippen LogP contribution < -0.4 is 14.4 Å². The molecule has 0 spiro atoms. The summed E-state index contributed by atoms with van der Waals surface area (Å²) in [7, 11) is 3.14. The highest BCUT2D eigenvalue weighted by atomic mass is 16.6. The molecule has 2 amide bonds. The summed E-state index contributed by atoms with van der Waals surface area (Å²) in [5.41, 5.74) is 3.25. The summed E-state index contributed by atoms with van der Waals surface area (Å²) in [5, 5.41) is 11.2. The van der Waals surface area contributed by atoms with Gasteiger partial charge in [0, 0.05) is 18.7 Å². The minimum Gasteiger partial charge on any atom is -0.493 e. The Morgan fingerprint density at radius 1 is 0.944 bits per heavy atom. The first-order valence-corrected chi connectivity index (χ1v) is 11.6. The van der Waals surface area contributed by atoms with Gasteiger partial charge in [-0.05, 0) is 47.4 Å². The minimum absolute atomic E-state index is 0.0176. The fraction of sp³-hybridized carbons (Fsp3) is 0.259. The van der Waals surface area contributed by atoms with Gasteiger partial charge >= 0.3 is 0 Å². The number of fused-ring (bicyclic) bond motifs is 1. The van der Waals surface area contributed by atoms with Crippen LogP contribution in [0.1, 0.15) is 29.2 Å². The summed E-state index contributed by atoms with van der Waals surface area (Å²) in [6, 6.07) is 18.0. The van der Waals surface area contributed by atoms with Gasteiger partial charge < -0.3 is 9.47 Å². The molecule has 2 aliphatic rings. The van der Waals surface area contributed by atoms with Crippen LogP contribution in [0, 0.1) is 10.1 Å². The van der Waals surface area contributed by atoms with E-state index in [1.807, 2.05) is 23.1 Å². The van der Waals surface area contributed by atoms with Gasteiger partial charge in [0.05, 0.1) is 43.3 Å². The van der Waals surface area contributed by atoms with E-state index in [0.717, 1.165) is 16.7 Å². The Hall–Kier alpha value is -4.24. The first kappa shape index (κ1) is 23.5. The molecule has 5 rings (SSSR count). The molecular weight excluding hydrogens is 462 g/mol. The van der Waals surface area contributed by atoms with Crippen molar-refractivity contribution in [2.24, 2.45) is 0 Å². The molecule has 184 valence electrons. The van der Waals surface area contributed by atoms with E-state index in [1.54, 1.807) is 50.6 Å². The van der Waals surface area contributed by atoms with Gasteiger partial charge in [0.2, 0.25) is 5.91 Å². The summed E-state index contributed by atoms with van der Waals surface area (Å²) in [6.45, 7) is 0.524. The molecule has 2 atom stereocenters. The monoisotopic (exact) mass is 487 g/mol. The number of carbonyl (C=O) groups excluding carboxylic acids is 2. The van der Waals surface area contributed by atoms with Gasteiger partial charge in [-0.15, -0.1) is 0 Å². The van der Waals surface area contributed by atoms with Gasteiger partial charge in [0.15, 0.2) is 11.5 Å². The molecule has 9 nitrogen and oxygen atoms in total. The van der Waals surface area contributed by atoms with E-state index in [1.165, 1.54) is 17.0 Å². The predicted octanol–water partition coefficient (Wildman–Crippen LogP) is 3.89. The number of nitro benzene ring substituents is 1. The van der Waals surface area contributed by atoms with Gasteiger partial charge in [-0.2, -0.15) is 0 Å². The Labute approximate surface area is 208 Å². The molecule has 3 aromatic carbocycles. The highest BCUT2D eigenvalue weighted by molar-refractivity contribution is 6.22. The summed E-state index contributed by atoms with van der Waals surface area (Å²) in [4.78, 5) is 40.7. The van der Waals surface area contributed by atoms with Crippen LogP contribution in [0.3, 0.4) is 0 Å². The lowest BCUT2D eigenvalue weighted by Crippen LogP contribution is -2.47. The quantitative estimate of drug-likeness (QED) is 0.295. The van der Waals surface area contributed by atoms with Crippen molar-refractivity contribution < 1.29 is 24.0 Å². The lowest BCUT2D eigenvalue weighted by Gasteiger charge is -2.40. The zero-order chi connectivity index (χ0) is 25.4. The molecule has 36 heavy (non-hydrogen) atoms. The molecule has 0 unspecified atom stereocenters. The van der Waals surface area contributed by atoms with E-state index in [2.05, 4.69) is 0 Å². The Morgan fingerprint density at radius 2 is 1.61 bits per heavy atom. The van der Waals surface area contributed by atoms with E-state index < -0.39 is 17.0 Å². The topological polar surface area (TPSA) is 102 Å². The van der Waals surface area contributed by atoms with Crippen molar-refractivity contribution in [3.8, 4) is 11.5 Å². The molecule has 1 saturated heterocycles. The number of benzene rings is 3. The summed E-state index contributed by atoms with van der Waals surface area (Å²) in [6.07, 6.45) is 0.697. The van der Waals surface area contributed by atoms with Crippen LogP contribution in [0.4, 0.5) is 11.4 Å². The van der Waals surface area contributed by atoms with Gasteiger partial charge in [-0.3, -0.25) is 24.6 Å². The van der Waals surface area contributed by atoms with Crippen LogP contribution in [0.25, 0.3) is 0 Å². The predicted molar refractivity (Wildman–Crippen MR) is 132 cm³/mol. The summed E-state index contributed by atoms with van der Waals surface area (Å²) in [5.74, 6) is 0.623. The minimum atomic E-state index is -0.667. The van der Waals surface area contributed by atoms with Crippen LogP contribution in [-0.4, -0.2) is 48.4 Å². The average molecular weight is 488 g/mol. The number of methoxy groups -OCH3 is 2. The van der Waals surface area contributed by atoms with Gasteiger partial charge in [-0.25, -0.2) is 4.90 Å². The number of hydrogen-bond acceptors (Lipinski definition) is 7. The van der Waals surface area contributed by atoms with Crippen molar-refractivity contribution >= 4 is 23.2 Å². The fourth-order valence-electron chi connectivity index (χ4n) is 5.17. The maximum absolute atomic E-state index is 13.6. The molecule has 0 radical (unpaired) electrons. The number of imide groups is 1. The molecule has 9 heteroatoms.